The van der Waals surface area contributed by atoms with Gasteiger partial charge in [-0.15, -0.1) is 0 Å². The van der Waals surface area contributed by atoms with E-state index < -0.39 is 0 Å². The quantitative estimate of drug-likeness (QED) is 0.314. The Hall–Kier alpha value is -0.630. The van der Waals surface area contributed by atoms with Gasteiger partial charge in [-0.1, -0.05) is 83.3 Å². The molecule has 0 aliphatic carbocycles. The first kappa shape index (κ1) is 19.4. The van der Waals surface area contributed by atoms with Gasteiger partial charge in [-0.05, 0) is 30.5 Å². The number of hydrogen-bond donors (Lipinski definition) is 2. The molecular formula is C20H34OS. The molecular weight excluding hydrogens is 288 g/mol. The molecule has 1 N–H and O–H groups in total. The molecule has 0 bridgehead atoms. The van der Waals surface area contributed by atoms with E-state index in [1.807, 2.05) is 13.0 Å². The maximum atomic E-state index is 9.76. The lowest BCUT2D eigenvalue weighted by Gasteiger charge is -2.14. The Bertz CT molecular complexity index is 403. The van der Waals surface area contributed by atoms with Crippen LogP contribution in [-0.2, 0) is 0 Å². The van der Waals surface area contributed by atoms with Crippen molar-refractivity contribution >= 4 is 12.6 Å². The van der Waals surface area contributed by atoms with Gasteiger partial charge in [-0.25, -0.2) is 0 Å². The Morgan fingerprint density at radius 1 is 0.909 bits per heavy atom. The molecule has 1 atom stereocenters. The number of unbranched alkanes of at least 4 members (excludes halogenated alkanes) is 9. The van der Waals surface area contributed by atoms with Gasteiger partial charge in [-0.2, -0.15) is 12.6 Å². The lowest BCUT2D eigenvalue weighted by atomic mass is 9.99. The highest BCUT2D eigenvalue weighted by Gasteiger charge is 2.11. The highest BCUT2D eigenvalue weighted by Crippen LogP contribution is 2.32. The van der Waals surface area contributed by atoms with Crippen molar-refractivity contribution in [2.75, 3.05) is 0 Å². The highest BCUT2D eigenvalue weighted by atomic mass is 32.1. The molecule has 0 saturated carbocycles. The summed E-state index contributed by atoms with van der Waals surface area (Å²) >= 11 is 4.72. The molecule has 1 aromatic carbocycles. The van der Waals surface area contributed by atoms with Gasteiger partial charge in [-0.3, -0.25) is 0 Å². The second kappa shape index (κ2) is 11.9. The molecule has 0 radical (unpaired) electrons. The van der Waals surface area contributed by atoms with Crippen LogP contribution in [0.5, 0.6) is 5.75 Å². The Balaban J connectivity index is 2.06. The van der Waals surface area contributed by atoms with Crippen LogP contribution >= 0.6 is 12.6 Å². The molecule has 22 heavy (non-hydrogen) atoms. The van der Waals surface area contributed by atoms with E-state index in [4.69, 9.17) is 12.6 Å². The van der Waals surface area contributed by atoms with Crippen LogP contribution in [0.2, 0.25) is 0 Å². The summed E-state index contributed by atoms with van der Waals surface area (Å²) in [6, 6.07) is 5.75. The third-order valence-electron chi connectivity index (χ3n) is 4.54. The minimum Gasteiger partial charge on any atom is -0.508 e. The Labute approximate surface area is 142 Å². The summed E-state index contributed by atoms with van der Waals surface area (Å²) < 4.78 is 0. The van der Waals surface area contributed by atoms with E-state index in [1.165, 1.54) is 69.8 Å². The molecule has 1 unspecified atom stereocenters. The zero-order valence-electron chi connectivity index (χ0n) is 14.5. The lowest BCUT2D eigenvalue weighted by molar-refractivity contribution is 0.469. The number of benzene rings is 1. The number of hydrogen-bond acceptors (Lipinski definition) is 2. The summed E-state index contributed by atoms with van der Waals surface area (Å²) in [7, 11) is 0. The summed E-state index contributed by atoms with van der Waals surface area (Å²) in [6.07, 6.45) is 14.8. The van der Waals surface area contributed by atoms with Crippen molar-refractivity contribution in [3.8, 4) is 5.75 Å². The maximum absolute atomic E-state index is 9.76. The molecule has 2 heteroatoms. The molecule has 126 valence electrons. The van der Waals surface area contributed by atoms with Gasteiger partial charge in [0.15, 0.2) is 0 Å². The van der Waals surface area contributed by atoms with Crippen molar-refractivity contribution in [3.05, 3.63) is 29.3 Å². The summed E-state index contributed by atoms with van der Waals surface area (Å²) in [5, 5.41) is 10.0. The van der Waals surface area contributed by atoms with Crippen molar-refractivity contribution in [2.45, 2.75) is 89.7 Å². The SMILES string of the molecule is CCCCCCCCCCCCC(S)c1cccc(O)c1C. The minimum atomic E-state index is 0.251. The monoisotopic (exact) mass is 322 g/mol. The fourth-order valence-corrected chi connectivity index (χ4v) is 3.44. The van der Waals surface area contributed by atoms with E-state index >= 15 is 0 Å². The molecule has 1 aromatic rings. The second-order valence-electron chi connectivity index (χ2n) is 6.48. The zero-order chi connectivity index (χ0) is 16.2. The molecule has 0 heterocycles. The van der Waals surface area contributed by atoms with Gasteiger partial charge in [0.25, 0.3) is 0 Å². The second-order valence-corrected chi connectivity index (χ2v) is 7.10. The summed E-state index contributed by atoms with van der Waals surface area (Å²) in [5.41, 5.74) is 2.16. The van der Waals surface area contributed by atoms with E-state index in [9.17, 15) is 5.11 Å². The van der Waals surface area contributed by atoms with Crippen LogP contribution in [0, 0.1) is 6.92 Å². The van der Waals surface area contributed by atoms with Gasteiger partial charge in [0, 0.05) is 5.25 Å². The number of thiol groups is 1. The summed E-state index contributed by atoms with van der Waals surface area (Å²) in [4.78, 5) is 0. The minimum absolute atomic E-state index is 0.251. The van der Waals surface area contributed by atoms with Crippen molar-refractivity contribution in [1.29, 1.82) is 0 Å². The molecule has 0 aromatic heterocycles. The third kappa shape index (κ3) is 7.58. The number of aromatic hydroxyl groups is 1. The summed E-state index contributed by atoms with van der Waals surface area (Å²) in [5.74, 6) is 0.389. The average Bonchev–Trinajstić information content (AvgIpc) is 2.51. The van der Waals surface area contributed by atoms with Crippen LogP contribution in [0.15, 0.2) is 18.2 Å². The maximum Gasteiger partial charge on any atom is 0.118 e. The molecule has 0 fully saturated rings. The highest BCUT2D eigenvalue weighted by molar-refractivity contribution is 7.80. The van der Waals surface area contributed by atoms with E-state index in [1.54, 1.807) is 6.07 Å². The predicted octanol–water partition coefficient (Wildman–Crippen LogP) is 6.98. The smallest absolute Gasteiger partial charge is 0.118 e. The van der Waals surface area contributed by atoms with Gasteiger partial charge in [0.1, 0.15) is 5.75 Å². The molecule has 0 spiro atoms. The Kier molecular flexibility index (Phi) is 10.5. The van der Waals surface area contributed by atoms with Crippen LogP contribution < -0.4 is 0 Å². The number of phenolic OH excluding ortho intramolecular Hbond substituents is 1. The van der Waals surface area contributed by atoms with E-state index in [0.717, 1.165) is 12.0 Å². The first-order chi connectivity index (χ1) is 10.7. The molecule has 1 rings (SSSR count). The van der Waals surface area contributed by atoms with Crippen molar-refractivity contribution in [3.63, 3.8) is 0 Å². The normalized spacial score (nSPS) is 12.5. The Morgan fingerprint density at radius 3 is 2.05 bits per heavy atom. The lowest BCUT2D eigenvalue weighted by Crippen LogP contribution is -1.95. The van der Waals surface area contributed by atoms with Crippen LogP contribution in [0.3, 0.4) is 0 Å². The van der Waals surface area contributed by atoms with Crippen LogP contribution in [-0.4, -0.2) is 5.11 Å². The van der Waals surface area contributed by atoms with E-state index in [0.29, 0.717) is 5.75 Å². The standard InChI is InChI=1S/C20H34OS/c1-3-4-5-6-7-8-9-10-11-12-16-20(22)18-14-13-15-19(21)17(18)2/h13-15,20-22H,3-12,16H2,1-2H3. The largest absolute Gasteiger partial charge is 0.508 e. The van der Waals surface area contributed by atoms with Gasteiger partial charge < -0.3 is 5.11 Å². The van der Waals surface area contributed by atoms with Gasteiger partial charge in [0.05, 0.1) is 0 Å². The summed E-state index contributed by atoms with van der Waals surface area (Å²) in [6.45, 7) is 4.25. The first-order valence-electron chi connectivity index (χ1n) is 9.13. The van der Waals surface area contributed by atoms with Crippen LogP contribution in [0.25, 0.3) is 0 Å². The molecule has 0 amide bonds. The zero-order valence-corrected chi connectivity index (χ0v) is 15.4. The van der Waals surface area contributed by atoms with Crippen molar-refractivity contribution in [2.24, 2.45) is 0 Å². The topological polar surface area (TPSA) is 20.2 Å². The number of rotatable bonds is 12. The fourth-order valence-electron chi connectivity index (χ4n) is 2.98. The van der Waals surface area contributed by atoms with Crippen LogP contribution in [0.4, 0.5) is 0 Å². The molecule has 0 aliphatic heterocycles. The van der Waals surface area contributed by atoms with E-state index in [2.05, 4.69) is 13.0 Å². The van der Waals surface area contributed by atoms with Crippen molar-refractivity contribution < 1.29 is 5.11 Å². The van der Waals surface area contributed by atoms with Crippen molar-refractivity contribution in [1.82, 2.24) is 0 Å². The van der Waals surface area contributed by atoms with Gasteiger partial charge >= 0.3 is 0 Å². The van der Waals surface area contributed by atoms with E-state index in [-0.39, 0.29) is 5.25 Å². The molecule has 0 aliphatic rings. The predicted molar refractivity (Wildman–Crippen MR) is 101 cm³/mol. The number of phenols is 1. The fraction of sp³-hybridized carbons (Fsp3) is 0.700. The molecule has 1 nitrogen and oxygen atoms in total. The third-order valence-corrected chi connectivity index (χ3v) is 5.07. The average molecular weight is 323 g/mol. The first-order valence-corrected chi connectivity index (χ1v) is 9.65. The van der Waals surface area contributed by atoms with Gasteiger partial charge in [0.2, 0.25) is 0 Å². The van der Waals surface area contributed by atoms with Crippen LogP contribution in [0.1, 0.15) is 93.9 Å². The molecule has 0 saturated heterocycles. The Morgan fingerprint density at radius 2 is 1.45 bits per heavy atom.